The Balaban J connectivity index is 2.14. The molecule has 2 rings (SSSR count). The Morgan fingerprint density at radius 1 is 1.27 bits per heavy atom. The molecule has 0 atom stereocenters. The topological polar surface area (TPSA) is 24.9 Å². The molecule has 0 unspecified atom stereocenters. The van der Waals surface area contributed by atoms with Crippen molar-refractivity contribution in [2.24, 2.45) is 0 Å². The van der Waals surface area contributed by atoms with Crippen LogP contribution in [0.25, 0.3) is 10.4 Å². The first-order chi connectivity index (χ1) is 7.40. The standard InChI is InChI=1S/C12H14N2S/c1-2-13-9-12-14-8-11(15-12)10-6-4-3-5-7-10/h3-8,13H,2,9H2,1H3. The van der Waals surface area contributed by atoms with Crippen molar-refractivity contribution in [3.63, 3.8) is 0 Å². The van der Waals surface area contributed by atoms with Crippen LogP contribution in [0.1, 0.15) is 11.9 Å². The summed E-state index contributed by atoms with van der Waals surface area (Å²) < 4.78 is 0. The Labute approximate surface area is 94.0 Å². The summed E-state index contributed by atoms with van der Waals surface area (Å²) in [5.41, 5.74) is 1.25. The van der Waals surface area contributed by atoms with Gasteiger partial charge in [-0.3, -0.25) is 0 Å². The predicted molar refractivity (Wildman–Crippen MR) is 64.9 cm³/mol. The maximum absolute atomic E-state index is 4.39. The van der Waals surface area contributed by atoms with E-state index in [1.54, 1.807) is 11.3 Å². The van der Waals surface area contributed by atoms with Crippen LogP contribution in [0.4, 0.5) is 0 Å². The molecule has 0 saturated carbocycles. The largest absolute Gasteiger partial charge is 0.311 e. The molecule has 0 aliphatic heterocycles. The third kappa shape index (κ3) is 2.64. The van der Waals surface area contributed by atoms with Gasteiger partial charge in [0, 0.05) is 12.7 Å². The smallest absolute Gasteiger partial charge is 0.107 e. The summed E-state index contributed by atoms with van der Waals surface area (Å²) in [5.74, 6) is 0. The van der Waals surface area contributed by atoms with E-state index in [1.165, 1.54) is 10.4 Å². The number of hydrogen-bond acceptors (Lipinski definition) is 3. The molecule has 1 aromatic carbocycles. The summed E-state index contributed by atoms with van der Waals surface area (Å²) in [4.78, 5) is 5.63. The molecule has 0 aliphatic rings. The quantitative estimate of drug-likeness (QED) is 0.853. The Morgan fingerprint density at radius 2 is 2.07 bits per heavy atom. The van der Waals surface area contributed by atoms with Crippen LogP contribution in [0, 0.1) is 0 Å². The molecule has 0 fully saturated rings. The molecule has 2 nitrogen and oxygen atoms in total. The summed E-state index contributed by atoms with van der Waals surface area (Å²) in [6, 6.07) is 10.4. The van der Waals surface area contributed by atoms with Gasteiger partial charge < -0.3 is 5.32 Å². The van der Waals surface area contributed by atoms with Gasteiger partial charge in [-0.1, -0.05) is 37.3 Å². The Kier molecular flexibility index (Phi) is 3.48. The Bertz CT molecular complexity index is 409. The Hall–Kier alpha value is -1.19. The number of nitrogens with one attached hydrogen (secondary N) is 1. The molecule has 0 spiro atoms. The average molecular weight is 218 g/mol. The van der Waals surface area contributed by atoms with E-state index in [1.807, 2.05) is 12.3 Å². The van der Waals surface area contributed by atoms with E-state index < -0.39 is 0 Å². The van der Waals surface area contributed by atoms with Crippen LogP contribution in [-0.4, -0.2) is 11.5 Å². The van der Waals surface area contributed by atoms with Gasteiger partial charge in [0.2, 0.25) is 0 Å². The Morgan fingerprint density at radius 3 is 2.80 bits per heavy atom. The van der Waals surface area contributed by atoms with Crippen molar-refractivity contribution in [3.8, 4) is 10.4 Å². The van der Waals surface area contributed by atoms with Gasteiger partial charge in [-0.25, -0.2) is 4.98 Å². The zero-order valence-electron chi connectivity index (χ0n) is 8.73. The van der Waals surface area contributed by atoms with Crippen molar-refractivity contribution in [2.75, 3.05) is 6.54 Å². The molecule has 0 radical (unpaired) electrons. The normalized spacial score (nSPS) is 10.5. The van der Waals surface area contributed by atoms with Crippen LogP contribution >= 0.6 is 11.3 Å². The molecule has 15 heavy (non-hydrogen) atoms. The second-order valence-electron chi connectivity index (χ2n) is 3.26. The lowest BCUT2D eigenvalue weighted by atomic mass is 10.2. The van der Waals surface area contributed by atoms with Gasteiger partial charge >= 0.3 is 0 Å². The van der Waals surface area contributed by atoms with Crippen LogP contribution in [0.5, 0.6) is 0 Å². The van der Waals surface area contributed by atoms with Crippen LogP contribution in [0.3, 0.4) is 0 Å². The van der Waals surface area contributed by atoms with E-state index in [2.05, 4.69) is 41.5 Å². The molecule has 3 heteroatoms. The number of aromatic nitrogens is 1. The average Bonchev–Trinajstić information content (AvgIpc) is 2.76. The van der Waals surface area contributed by atoms with Crippen LogP contribution in [0.15, 0.2) is 36.5 Å². The van der Waals surface area contributed by atoms with Gasteiger partial charge in [0.25, 0.3) is 0 Å². The van der Waals surface area contributed by atoms with Crippen molar-refractivity contribution in [1.82, 2.24) is 10.3 Å². The van der Waals surface area contributed by atoms with Gasteiger partial charge in [-0.2, -0.15) is 0 Å². The van der Waals surface area contributed by atoms with E-state index in [0.29, 0.717) is 0 Å². The predicted octanol–water partition coefficient (Wildman–Crippen LogP) is 2.92. The number of rotatable bonds is 4. The summed E-state index contributed by atoms with van der Waals surface area (Å²) in [5, 5.41) is 4.43. The zero-order chi connectivity index (χ0) is 10.5. The minimum Gasteiger partial charge on any atom is -0.311 e. The molecule has 78 valence electrons. The molecule has 2 aromatic rings. The molecule has 0 saturated heterocycles. The van der Waals surface area contributed by atoms with Gasteiger partial charge in [0.1, 0.15) is 5.01 Å². The summed E-state index contributed by atoms with van der Waals surface area (Å²) in [6.45, 7) is 3.96. The van der Waals surface area contributed by atoms with Crippen molar-refractivity contribution in [2.45, 2.75) is 13.5 Å². The maximum atomic E-state index is 4.39. The molecular formula is C12H14N2S. The van der Waals surface area contributed by atoms with Crippen molar-refractivity contribution in [3.05, 3.63) is 41.5 Å². The third-order valence-electron chi connectivity index (χ3n) is 2.14. The number of benzene rings is 1. The number of hydrogen-bond donors (Lipinski definition) is 1. The lowest BCUT2D eigenvalue weighted by molar-refractivity contribution is 0.722. The molecule has 1 N–H and O–H groups in total. The zero-order valence-corrected chi connectivity index (χ0v) is 9.55. The van der Waals surface area contributed by atoms with Crippen LogP contribution in [-0.2, 0) is 6.54 Å². The van der Waals surface area contributed by atoms with E-state index in [9.17, 15) is 0 Å². The summed E-state index contributed by atoms with van der Waals surface area (Å²) in [6.07, 6.45) is 1.95. The van der Waals surface area contributed by atoms with Gasteiger partial charge in [0.05, 0.1) is 4.88 Å². The number of nitrogens with zero attached hydrogens (tertiary/aromatic N) is 1. The van der Waals surface area contributed by atoms with E-state index in [4.69, 9.17) is 0 Å². The SMILES string of the molecule is CCNCc1ncc(-c2ccccc2)s1. The maximum Gasteiger partial charge on any atom is 0.107 e. The summed E-state index contributed by atoms with van der Waals surface area (Å²) >= 11 is 1.75. The lowest BCUT2D eigenvalue weighted by Crippen LogP contribution is -2.11. The fraction of sp³-hybridized carbons (Fsp3) is 0.250. The molecule has 0 amide bonds. The van der Waals surface area contributed by atoms with Crippen molar-refractivity contribution < 1.29 is 0 Å². The van der Waals surface area contributed by atoms with Gasteiger partial charge in [-0.05, 0) is 12.1 Å². The highest BCUT2D eigenvalue weighted by molar-refractivity contribution is 7.15. The molecule has 1 aromatic heterocycles. The summed E-state index contributed by atoms with van der Waals surface area (Å²) in [7, 11) is 0. The van der Waals surface area contributed by atoms with Gasteiger partial charge in [-0.15, -0.1) is 11.3 Å². The van der Waals surface area contributed by atoms with E-state index >= 15 is 0 Å². The van der Waals surface area contributed by atoms with Crippen molar-refractivity contribution >= 4 is 11.3 Å². The van der Waals surface area contributed by atoms with E-state index in [0.717, 1.165) is 18.1 Å². The van der Waals surface area contributed by atoms with Crippen LogP contribution < -0.4 is 5.32 Å². The third-order valence-corrected chi connectivity index (χ3v) is 3.18. The highest BCUT2D eigenvalue weighted by Gasteiger charge is 2.02. The highest BCUT2D eigenvalue weighted by atomic mass is 32.1. The molecule has 1 heterocycles. The molecular weight excluding hydrogens is 204 g/mol. The van der Waals surface area contributed by atoms with Gasteiger partial charge in [0.15, 0.2) is 0 Å². The monoisotopic (exact) mass is 218 g/mol. The fourth-order valence-corrected chi connectivity index (χ4v) is 2.25. The second-order valence-corrected chi connectivity index (χ2v) is 4.38. The lowest BCUT2D eigenvalue weighted by Gasteiger charge is -1.95. The molecule has 0 aliphatic carbocycles. The minimum atomic E-state index is 0.869. The second kappa shape index (κ2) is 5.05. The van der Waals surface area contributed by atoms with Crippen LogP contribution in [0.2, 0.25) is 0 Å². The minimum absolute atomic E-state index is 0.869. The number of thiazole rings is 1. The first-order valence-electron chi connectivity index (χ1n) is 5.11. The molecule has 0 bridgehead atoms. The first-order valence-corrected chi connectivity index (χ1v) is 5.92. The fourth-order valence-electron chi connectivity index (χ4n) is 1.36. The van der Waals surface area contributed by atoms with E-state index in [-0.39, 0.29) is 0 Å². The van der Waals surface area contributed by atoms with Crippen molar-refractivity contribution in [1.29, 1.82) is 0 Å². The first kappa shape index (κ1) is 10.3. The highest BCUT2D eigenvalue weighted by Crippen LogP contribution is 2.25.